The fourth-order valence-electron chi connectivity index (χ4n) is 3.14. The van der Waals surface area contributed by atoms with E-state index in [4.69, 9.17) is 0 Å². The molecule has 1 heterocycles. The number of aliphatic hydroxyl groups is 1. The molecular weight excluding hydrogens is 342 g/mol. The highest BCUT2D eigenvalue weighted by Gasteiger charge is 2.49. The molecule has 0 aromatic heterocycles. The monoisotopic (exact) mass is 363 g/mol. The van der Waals surface area contributed by atoms with Gasteiger partial charge in [-0.2, -0.15) is 0 Å². The Balaban J connectivity index is 1.59. The van der Waals surface area contributed by atoms with Crippen molar-refractivity contribution in [1.29, 1.82) is 0 Å². The Labute approximate surface area is 166 Å². The smallest absolute Gasteiger partial charge is 0.205 e. The molecule has 0 spiro atoms. The van der Waals surface area contributed by atoms with Gasteiger partial charge in [-0.3, -0.25) is 4.90 Å². The Morgan fingerprint density at radius 1 is 0.750 bits per heavy atom. The molecule has 28 heavy (non-hydrogen) atoms. The first-order chi connectivity index (χ1) is 13.7. The average molecular weight is 363 g/mol. The Hall–Kier alpha value is -3.30. The molecule has 4 rings (SSSR count). The first-order valence-electron chi connectivity index (χ1n) is 9.40. The summed E-state index contributed by atoms with van der Waals surface area (Å²) in [4.78, 5) is 2.20. The van der Waals surface area contributed by atoms with Gasteiger partial charge in [0.2, 0.25) is 5.60 Å². The number of rotatable bonds is 3. The Kier molecular flexibility index (Phi) is 5.27. The van der Waals surface area contributed by atoms with Gasteiger partial charge < -0.3 is 5.11 Å². The van der Waals surface area contributed by atoms with Crippen molar-refractivity contribution in [2.75, 3.05) is 6.54 Å². The van der Waals surface area contributed by atoms with Crippen LogP contribution >= 0.6 is 0 Å². The lowest BCUT2D eigenvalue weighted by atomic mass is 9.99. The van der Waals surface area contributed by atoms with Gasteiger partial charge in [-0.05, 0) is 41.7 Å². The van der Waals surface area contributed by atoms with Crippen LogP contribution in [0.4, 0.5) is 0 Å². The first kappa shape index (κ1) is 18.1. The third kappa shape index (κ3) is 4.51. The topological polar surface area (TPSA) is 23.2 Å². The molecule has 2 unspecified atom stereocenters. The van der Waals surface area contributed by atoms with E-state index in [1.165, 1.54) is 5.56 Å². The number of hydrogen-bond acceptors (Lipinski definition) is 2. The highest BCUT2D eigenvalue weighted by Crippen LogP contribution is 2.30. The first-order valence-corrected chi connectivity index (χ1v) is 9.40. The molecule has 0 bridgehead atoms. The van der Waals surface area contributed by atoms with Crippen LogP contribution in [-0.2, 0) is 6.54 Å². The molecular formula is C26H21NO. The highest BCUT2D eigenvalue weighted by atomic mass is 16.3. The molecule has 1 aliphatic rings. The molecule has 1 fully saturated rings. The van der Waals surface area contributed by atoms with E-state index in [1.807, 2.05) is 78.9 Å². The van der Waals surface area contributed by atoms with Crippen molar-refractivity contribution in [3.63, 3.8) is 0 Å². The molecule has 2 nitrogen and oxygen atoms in total. The fourth-order valence-corrected chi connectivity index (χ4v) is 3.14. The predicted octanol–water partition coefficient (Wildman–Crippen LogP) is 3.71. The van der Waals surface area contributed by atoms with Crippen molar-refractivity contribution in [2.45, 2.75) is 18.2 Å². The van der Waals surface area contributed by atoms with Crippen LogP contribution < -0.4 is 0 Å². The zero-order valence-corrected chi connectivity index (χ0v) is 15.5. The summed E-state index contributed by atoms with van der Waals surface area (Å²) in [5.74, 6) is 12.3. The van der Waals surface area contributed by atoms with Gasteiger partial charge in [0, 0.05) is 24.2 Å². The zero-order valence-electron chi connectivity index (χ0n) is 15.5. The van der Waals surface area contributed by atoms with Crippen LogP contribution in [0.2, 0.25) is 0 Å². The molecule has 136 valence electrons. The number of benzene rings is 3. The molecule has 1 saturated heterocycles. The van der Waals surface area contributed by atoms with Gasteiger partial charge in [0.15, 0.2) is 0 Å². The molecule has 3 aromatic carbocycles. The molecule has 2 heteroatoms. The summed E-state index contributed by atoms with van der Waals surface area (Å²) in [5.41, 5.74) is 1.59. The second-order valence-electron chi connectivity index (χ2n) is 6.93. The molecule has 0 aliphatic carbocycles. The largest absolute Gasteiger partial charge is 0.366 e. The Morgan fingerprint density at radius 2 is 1.21 bits per heavy atom. The maximum Gasteiger partial charge on any atom is 0.205 e. The van der Waals surface area contributed by atoms with Crippen molar-refractivity contribution in [2.24, 2.45) is 0 Å². The van der Waals surface area contributed by atoms with Crippen molar-refractivity contribution in [3.8, 4) is 23.7 Å². The van der Waals surface area contributed by atoms with Gasteiger partial charge in [0.1, 0.15) is 0 Å². The minimum Gasteiger partial charge on any atom is -0.366 e. The van der Waals surface area contributed by atoms with Crippen LogP contribution in [0.5, 0.6) is 0 Å². The lowest BCUT2D eigenvalue weighted by Gasteiger charge is -2.16. The fraction of sp³-hybridized carbons (Fsp3) is 0.154. The van der Waals surface area contributed by atoms with Crippen LogP contribution in [0.3, 0.4) is 0 Å². The predicted molar refractivity (Wildman–Crippen MR) is 112 cm³/mol. The SMILES string of the molecule is OC(C#Cc1ccccc1)(C#Cc1ccccc1)C1CN1Cc1ccccc1. The maximum atomic E-state index is 11.3. The molecule has 0 radical (unpaired) electrons. The molecule has 2 atom stereocenters. The van der Waals surface area contributed by atoms with Crippen molar-refractivity contribution >= 4 is 0 Å². The average Bonchev–Trinajstić information content (AvgIpc) is 3.53. The molecule has 0 saturated carbocycles. The number of hydrogen-bond donors (Lipinski definition) is 1. The van der Waals surface area contributed by atoms with Gasteiger partial charge in [0.25, 0.3) is 0 Å². The van der Waals surface area contributed by atoms with E-state index in [2.05, 4.69) is 40.7 Å². The van der Waals surface area contributed by atoms with E-state index in [9.17, 15) is 5.11 Å². The van der Waals surface area contributed by atoms with Crippen LogP contribution in [-0.4, -0.2) is 28.2 Å². The number of nitrogens with zero attached hydrogens (tertiary/aromatic N) is 1. The summed E-state index contributed by atoms with van der Waals surface area (Å²) >= 11 is 0. The highest BCUT2D eigenvalue weighted by molar-refractivity contribution is 5.46. The second kappa shape index (κ2) is 8.15. The molecule has 1 aliphatic heterocycles. The van der Waals surface area contributed by atoms with E-state index in [1.54, 1.807) is 0 Å². The van der Waals surface area contributed by atoms with Crippen LogP contribution in [0.15, 0.2) is 91.0 Å². The standard InChI is InChI=1S/C26H21NO/c28-26(18-16-22-10-4-1-5-11-22,19-17-23-12-6-2-7-13-23)25-21-27(25)20-24-14-8-3-9-15-24/h1-15,25,28H,20-21H2. The minimum atomic E-state index is -1.37. The van der Waals surface area contributed by atoms with Crippen LogP contribution in [0.1, 0.15) is 16.7 Å². The van der Waals surface area contributed by atoms with Crippen molar-refractivity contribution < 1.29 is 5.11 Å². The lowest BCUT2D eigenvalue weighted by Crippen LogP contribution is -2.34. The van der Waals surface area contributed by atoms with Gasteiger partial charge in [-0.1, -0.05) is 78.6 Å². The second-order valence-corrected chi connectivity index (χ2v) is 6.93. The summed E-state index contributed by atoms with van der Waals surface area (Å²) in [6, 6.07) is 29.6. The zero-order chi connectivity index (χ0) is 19.2. The van der Waals surface area contributed by atoms with Crippen molar-refractivity contribution in [1.82, 2.24) is 4.90 Å². The molecule has 0 amide bonds. The third-order valence-corrected chi connectivity index (χ3v) is 4.77. The van der Waals surface area contributed by atoms with Gasteiger partial charge in [-0.25, -0.2) is 0 Å². The lowest BCUT2D eigenvalue weighted by molar-refractivity contribution is 0.143. The van der Waals surface area contributed by atoms with E-state index in [-0.39, 0.29) is 6.04 Å². The Morgan fingerprint density at radius 3 is 1.71 bits per heavy atom. The summed E-state index contributed by atoms with van der Waals surface area (Å²) < 4.78 is 0. The van der Waals surface area contributed by atoms with Gasteiger partial charge in [-0.15, -0.1) is 0 Å². The van der Waals surface area contributed by atoms with Crippen LogP contribution in [0, 0.1) is 23.7 Å². The minimum absolute atomic E-state index is 0.0971. The normalized spacial score (nSPS) is 17.6. The van der Waals surface area contributed by atoms with E-state index < -0.39 is 5.60 Å². The van der Waals surface area contributed by atoms with E-state index in [0.717, 1.165) is 24.2 Å². The summed E-state index contributed by atoms with van der Waals surface area (Å²) in [6.45, 7) is 1.56. The van der Waals surface area contributed by atoms with E-state index in [0.29, 0.717) is 0 Å². The Bertz CT molecular complexity index is 979. The molecule has 1 N–H and O–H groups in total. The third-order valence-electron chi connectivity index (χ3n) is 4.77. The quantitative estimate of drug-likeness (QED) is 0.566. The van der Waals surface area contributed by atoms with Gasteiger partial charge >= 0.3 is 0 Å². The maximum absolute atomic E-state index is 11.3. The van der Waals surface area contributed by atoms with Crippen LogP contribution in [0.25, 0.3) is 0 Å². The summed E-state index contributed by atoms with van der Waals surface area (Å²) in [7, 11) is 0. The van der Waals surface area contributed by atoms with Gasteiger partial charge in [0.05, 0.1) is 6.04 Å². The molecule has 3 aromatic rings. The summed E-state index contributed by atoms with van der Waals surface area (Å²) in [5, 5.41) is 11.3. The van der Waals surface area contributed by atoms with Crippen molar-refractivity contribution in [3.05, 3.63) is 108 Å². The van der Waals surface area contributed by atoms with E-state index >= 15 is 0 Å². The summed E-state index contributed by atoms with van der Waals surface area (Å²) in [6.07, 6.45) is 0.